The predicted molar refractivity (Wildman–Crippen MR) is 85.5 cm³/mol. The Kier molecular flexibility index (Phi) is 4.41. The summed E-state index contributed by atoms with van der Waals surface area (Å²) in [7, 11) is 1.65. The molecule has 0 aliphatic heterocycles. The molecular formula is C13H9F2N3O2S3. The number of nitrogens with zero attached hydrogens (tertiary/aromatic N) is 3. The van der Waals surface area contributed by atoms with Gasteiger partial charge in [-0.05, 0) is 29.0 Å². The summed E-state index contributed by atoms with van der Waals surface area (Å²) < 4.78 is 42.3. The number of fused-ring (bicyclic) bond motifs is 1. The van der Waals surface area contributed by atoms with Crippen LogP contribution in [0.25, 0.3) is 10.1 Å². The Bertz CT molecular complexity index is 956. The Hall–Kier alpha value is -1.49. The maximum atomic E-state index is 14.7. The lowest BCUT2D eigenvalue weighted by molar-refractivity contribution is 0.550. The highest BCUT2D eigenvalue weighted by Gasteiger charge is 2.21. The van der Waals surface area contributed by atoms with Gasteiger partial charge in [-0.2, -0.15) is 0 Å². The molecule has 3 aromatic rings. The van der Waals surface area contributed by atoms with Crippen LogP contribution in [-0.2, 0) is 18.2 Å². The maximum absolute atomic E-state index is 14.7. The van der Waals surface area contributed by atoms with Gasteiger partial charge in [-0.1, -0.05) is 11.3 Å². The third-order valence-electron chi connectivity index (χ3n) is 2.99. The molecule has 0 amide bonds. The predicted octanol–water partition coefficient (Wildman–Crippen LogP) is 2.56. The zero-order valence-electron chi connectivity index (χ0n) is 11.9. The Morgan fingerprint density at radius 3 is 2.74 bits per heavy atom. The molecule has 0 aliphatic carbocycles. The molecule has 0 fully saturated rings. The van der Waals surface area contributed by atoms with Crippen LogP contribution in [0, 0.1) is 11.6 Å². The van der Waals surface area contributed by atoms with Crippen LogP contribution in [0.5, 0.6) is 0 Å². The zero-order valence-corrected chi connectivity index (χ0v) is 14.3. The molecule has 10 heteroatoms. The lowest BCUT2D eigenvalue weighted by Crippen LogP contribution is -2.06. The Labute approximate surface area is 140 Å². The van der Waals surface area contributed by atoms with E-state index in [1.165, 1.54) is 17.2 Å². The third-order valence-corrected chi connectivity index (χ3v) is 6.69. The van der Waals surface area contributed by atoms with Crippen molar-refractivity contribution in [3.8, 4) is 0 Å². The largest absolute Gasteiger partial charge is 0.611 e. The van der Waals surface area contributed by atoms with Crippen molar-refractivity contribution in [2.24, 2.45) is 7.05 Å². The summed E-state index contributed by atoms with van der Waals surface area (Å²) in [6.45, 7) is 0. The van der Waals surface area contributed by atoms with Gasteiger partial charge < -0.3 is 9.12 Å². The van der Waals surface area contributed by atoms with E-state index in [0.717, 1.165) is 35.2 Å². The van der Waals surface area contributed by atoms with Gasteiger partial charge in [0, 0.05) is 12.4 Å². The first-order valence-corrected chi connectivity index (χ1v) is 9.38. The van der Waals surface area contributed by atoms with Crippen LogP contribution in [0.2, 0.25) is 0 Å². The molecule has 3 rings (SSSR count). The van der Waals surface area contributed by atoms with Gasteiger partial charge in [-0.3, -0.25) is 4.79 Å². The Morgan fingerprint density at radius 2 is 2.13 bits per heavy atom. The first-order chi connectivity index (χ1) is 10.9. The van der Waals surface area contributed by atoms with Crippen LogP contribution in [-0.4, -0.2) is 25.6 Å². The van der Waals surface area contributed by atoms with E-state index in [1.807, 2.05) is 0 Å². The van der Waals surface area contributed by atoms with Gasteiger partial charge >= 0.3 is 0 Å². The topological polar surface area (TPSA) is 70.8 Å². The van der Waals surface area contributed by atoms with Crippen LogP contribution in [0.1, 0.15) is 0 Å². The average Bonchev–Trinajstić information content (AvgIpc) is 2.89. The molecule has 1 aromatic carbocycles. The molecule has 0 bridgehead atoms. The van der Waals surface area contributed by atoms with Gasteiger partial charge in [-0.25, -0.2) is 8.78 Å². The van der Waals surface area contributed by atoms with Crippen LogP contribution < -0.4 is 5.43 Å². The highest BCUT2D eigenvalue weighted by atomic mass is 32.2. The minimum atomic E-state index is -1.43. The van der Waals surface area contributed by atoms with Crippen molar-refractivity contribution >= 4 is 44.4 Å². The molecule has 0 radical (unpaired) electrons. The van der Waals surface area contributed by atoms with Crippen molar-refractivity contribution in [1.82, 2.24) is 14.8 Å². The summed E-state index contributed by atoms with van der Waals surface area (Å²) in [5, 5.41) is 7.66. The second-order valence-corrected chi connectivity index (χ2v) is 8.22. The van der Waals surface area contributed by atoms with Crippen LogP contribution in [0.15, 0.2) is 37.5 Å². The molecule has 0 aliphatic rings. The van der Waals surface area contributed by atoms with E-state index in [9.17, 15) is 18.1 Å². The SMILES string of the molecule is Cn1cnnc1Sc1c(F)cc2c(=O)cc([S+](C)[O-])sc2c1F. The molecule has 23 heavy (non-hydrogen) atoms. The van der Waals surface area contributed by atoms with Gasteiger partial charge in [0.1, 0.15) is 18.4 Å². The molecule has 0 N–H and O–H groups in total. The highest BCUT2D eigenvalue weighted by molar-refractivity contribution is 7.99. The first kappa shape index (κ1) is 16.4. The monoisotopic (exact) mass is 373 g/mol. The minimum Gasteiger partial charge on any atom is -0.611 e. The quantitative estimate of drug-likeness (QED) is 0.660. The minimum absolute atomic E-state index is 0.0197. The molecule has 1 unspecified atom stereocenters. The molecule has 2 aromatic heterocycles. The van der Waals surface area contributed by atoms with Crippen molar-refractivity contribution < 1.29 is 13.3 Å². The smallest absolute Gasteiger partial charge is 0.210 e. The van der Waals surface area contributed by atoms with Gasteiger partial charge in [0.2, 0.25) is 4.21 Å². The van der Waals surface area contributed by atoms with E-state index in [4.69, 9.17) is 0 Å². The first-order valence-electron chi connectivity index (χ1n) is 6.19. The summed E-state index contributed by atoms with van der Waals surface area (Å²) in [6, 6.07) is 2.15. The lowest BCUT2D eigenvalue weighted by atomic mass is 10.2. The van der Waals surface area contributed by atoms with Crippen molar-refractivity contribution in [2.75, 3.05) is 6.26 Å². The third kappa shape index (κ3) is 2.99. The van der Waals surface area contributed by atoms with E-state index in [-0.39, 0.29) is 19.2 Å². The second-order valence-electron chi connectivity index (χ2n) is 4.59. The van der Waals surface area contributed by atoms with Crippen molar-refractivity contribution in [1.29, 1.82) is 0 Å². The number of rotatable bonds is 3. The number of benzene rings is 1. The molecule has 1 atom stereocenters. The van der Waals surface area contributed by atoms with Crippen molar-refractivity contribution in [2.45, 2.75) is 14.3 Å². The van der Waals surface area contributed by atoms with Crippen LogP contribution in [0.3, 0.4) is 0 Å². The molecule has 0 saturated heterocycles. The summed E-state index contributed by atoms with van der Waals surface area (Å²) in [6.07, 6.45) is 2.81. The van der Waals surface area contributed by atoms with E-state index in [2.05, 4.69) is 10.2 Å². The fourth-order valence-electron chi connectivity index (χ4n) is 1.87. The van der Waals surface area contributed by atoms with Gasteiger partial charge in [0.15, 0.2) is 16.4 Å². The number of halogens is 2. The highest BCUT2D eigenvalue weighted by Crippen LogP contribution is 2.36. The van der Waals surface area contributed by atoms with Gasteiger partial charge in [0.05, 0.1) is 15.7 Å². The maximum Gasteiger partial charge on any atom is 0.210 e. The number of hydrogen-bond donors (Lipinski definition) is 0. The molecule has 5 nitrogen and oxygen atoms in total. The summed E-state index contributed by atoms with van der Waals surface area (Å²) in [4.78, 5) is 11.7. The number of aryl methyl sites for hydroxylation is 1. The van der Waals surface area contributed by atoms with E-state index >= 15 is 0 Å². The summed E-state index contributed by atoms with van der Waals surface area (Å²) in [5.41, 5.74) is -0.558. The zero-order chi connectivity index (χ0) is 16.7. The van der Waals surface area contributed by atoms with Crippen molar-refractivity contribution in [3.05, 3.63) is 40.3 Å². The summed E-state index contributed by atoms with van der Waals surface area (Å²) >= 11 is 0.229. The molecule has 120 valence electrons. The molecular weight excluding hydrogens is 364 g/mol. The lowest BCUT2D eigenvalue weighted by Gasteiger charge is -2.08. The average molecular weight is 373 g/mol. The second kappa shape index (κ2) is 6.19. The molecule has 2 heterocycles. The molecule has 0 saturated carbocycles. The summed E-state index contributed by atoms with van der Waals surface area (Å²) in [5.74, 6) is -1.71. The Balaban J connectivity index is 2.23. The van der Waals surface area contributed by atoms with E-state index < -0.39 is 28.2 Å². The van der Waals surface area contributed by atoms with E-state index in [0.29, 0.717) is 5.16 Å². The van der Waals surface area contributed by atoms with Gasteiger partial charge in [0.25, 0.3) is 0 Å². The van der Waals surface area contributed by atoms with Crippen LogP contribution >= 0.6 is 23.1 Å². The normalized spacial score (nSPS) is 12.7. The fourth-order valence-corrected chi connectivity index (χ4v) is 4.57. The van der Waals surface area contributed by atoms with Gasteiger partial charge in [-0.15, -0.1) is 10.2 Å². The Morgan fingerprint density at radius 1 is 1.39 bits per heavy atom. The number of aromatic nitrogens is 3. The molecule has 0 spiro atoms. The van der Waals surface area contributed by atoms with E-state index in [1.54, 1.807) is 7.05 Å². The number of hydrogen-bond acceptors (Lipinski definition) is 6. The van der Waals surface area contributed by atoms with Crippen LogP contribution in [0.4, 0.5) is 8.78 Å². The van der Waals surface area contributed by atoms with Crippen molar-refractivity contribution in [3.63, 3.8) is 0 Å². The fraction of sp³-hybridized carbons (Fsp3) is 0.154. The standard InChI is InChI=1S/C13H9F2N3O2S3/c1-18-5-16-17-13(18)22-12-7(14)3-6-8(19)4-9(23(2)20)21-11(6)10(12)15/h3-5H,1-2H3.